The van der Waals surface area contributed by atoms with Crippen LogP contribution in [0.15, 0.2) is 77.8 Å². The number of amides is 3. The largest absolute Gasteiger partial charge is 0.416 e. The molecule has 0 saturated carbocycles. The Morgan fingerprint density at radius 1 is 0.917 bits per heavy atom. The SMILES string of the molecule is N=S1(=O)CCCCNc2nc(ncc2-c2ccc(NC(=O)c3cccc(C(F)(F)F)c3)cc2)Nc2cc(NC(=O)N3CCCC3)cc1c2. The quantitative estimate of drug-likeness (QED) is 0.151. The first-order valence-corrected chi connectivity index (χ1v) is 17.1. The fraction of sp³-hybridized carbons (Fsp3) is 0.273. The summed E-state index contributed by atoms with van der Waals surface area (Å²) in [5, 5.41) is 11.9. The van der Waals surface area contributed by atoms with E-state index in [2.05, 4.69) is 31.2 Å². The second-order valence-corrected chi connectivity index (χ2v) is 13.8. The molecule has 6 rings (SSSR count). The second-order valence-electron chi connectivity index (χ2n) is 11.6. The molecule has 15 heteroatoms. The zero-order chi connectivity index (χ0) is 33.9. The Labute approximate surface area is 275 Å². The predicted molar refractivity (Wildman–Crippen MR) is 178 cm³/mol. The maximum Gasteiger partial charge on any atom is 0.416 e. The van der Waals surface area contributed by atoms with E-state index in [0.29, 0.717) is 71.4 Å². The smallest absolute Gasteiger partial charge is 0.369 e. The van der Waals surface area contributed by atoms with Gasteiger partial charge in [-0.15, -0.1) is 0 Å². The molecule has 2 aliphatic heterocycles. The van der Waals surface area contributed by atoms with Crippen molar-refractivity contribution in [3.8, 4) is 11.1 Å². The predicted octanol–water partition coefficient (Wildman–Crippen LogP) is 7.40. The molecule has 4 bridgehead atoms. The standard InChI is InChI=1S/C33H33F3N8O3S/c34-33(35,36)23-7-5-6-22(16-23)30(45)40-24-10-8-21(9-11-24)28-20-39-31-41-25-17-26(42-32(46)44-13-2-3-14-44)19-27(18-25)48(37,47)15-4-1-12-38-29(28)43-31/h5-11,16-20,37H,1-4,12-15H2,(H,40,45)(H,42,46)(H2,38,39,41,43). The van der Waals surface area contributed by atoms with Gasteiger partial charge < -0.3 is 26.2 Å². The van der Waals surface area contributed by atoms with E-state index < -0.39 is 27.4 Å². The number of hydrogen-bond acceptors (Lipinski definition) is 8. The lowest BCUT2D eigenvalue weighted by atomic mass is 10.1. The molecule has 1 fully saturated rings. The third kappa shape index (κ3) is 7.68. The number of alkyl halides is 3. The molecular weight excluding hydrogens is 645 g/mol. The number of hydrogen-bond donors (Lipinski definition) is 5. The highest BCUT2D eigenvalue weighted by Crippen LogP contribution is 2.32. The minimum atomic E-state index is -4.56. The van der Waals surface area contributed by atoms with Crippen LogP contribution >= 0.6 is 0 Å². The van der Waals surface area contributed by atoms with Crippen LogP contribution in [0.2, 0.25) is 0 Å². The molecule has 3 heterocycles. The number of halogens is 3. The number of fused-ring (bicyclic) bond motifs is 4. The molecule has 11 nitrogen and oxygen atoms in total. The molecule has 3 amide bonds. The Kier molecular flexibility index (Phi) is 9.22. The highest BCUT2D eigenvalue weighted by molar-refractivity contribution is 7.92. The summed E-state index contributed by atoms with van der Waals surface area (Å²) >= 11 is 0. The summed E-state index contributed by atoms with van der Waals surface area (Å²) in [6.07, 6.45) is 0.0644. The number of aromatic nitrogens is 2. The van der Waals surface area contributed by atoms with Crippen LogP contribution in [0.3, 0.4) is 0 Å². The first-order chi connectivity index (χ1) is 22.9. The summed E-state index contributed by atoms with van der Waals surface area (Å²) in [5.74, 6) is 0.210. The normalized spacial score (nSPS) is 17.9. The van der Waals surface area contributed by atoms with E-state index in [0.717, 1.165) is 25.0 Å². The van der Waals surface area contributed by atoms with E-state index in [9.17, 15) is 27.0 Å². The molecule has 0 spiro atoms. The maximum atomic E-state index is 13.5. The lowest BCUT2D eigenvalue weighted by molar-refractivity contribution is -0.137. The molecule has 5 N–H and O–H groups in total. The maximum absolute atomic E-state index is 13.5. The monoisotopic (exact) mass is 678 g/mol. The minimum absolute atomic E-state index is 0.117. The fourth-order valence-electron chi connectivity index (χ4n) is 5.50. The van der Waals surface area contributed by atoms with E-state index in [-0.39, 0.29) is 23.3 Å². The van der Waals surface area contributed by atoms with Crippen molar-refractivity contribution in [2.24, 2.45) is 0 Å². The van der Waals surface area contributed by atoms with E-state index in [1.54, 1.807) is 53.6 Å². The molecule has 0 aliphatic carbocycles. The molecule has 250 valence electrons. The van der Waals surface area contributed by atoms with Gasteiger partial charge in [-0.2, -0.15) is 18.2 Å². The van der Waals surface area contributed by atoms with Crippen molar-refractivity contribution >= 4 is 50.5 Å². The van der Waals surface area contributed by atoms with Gasteiger partial charge >= 0.3 is 12.2 Å². The minimum Gasteiger partial charge on any atom is -0.369 e. The Morgan fingerprint density at radius 3 is 2.44 bits per heavy atom. The Balaban J connectivity index is 1.24. The zero-order valence-electron chi connectivity index (χ0n) is 25.7. The number of anilines is 5. The van der Waals surface area contributed by atoms with Crippen LogP contribution in [-0.2, 0) is 15.9 Å². The highest BCUT2D eigenvalue weighted by atomic mass is 32.2. The summed E-state index contributed by atoms with van der Waals surface area (Å²) in [4.78, 5) is 36.7. The summed E-state index contributed by atoms with van der Waals surface area (Å²) in [7, 11) is -3.16. The van der Waals surface area contributed by atoms with Gasteiger partial charge in [0, 0.05) is 59.8 Å². The third-order valence-electron chi connectivity index (χ3n) is 8.03. The summed E-state index contributed by atoms with van der Waals surface area (Å²) in [5.41, 5.74) is 1.61. The number of rotatable bonds is 4. The van der Waals surface area contributed by atoms with Gasteiger partial charge in [0.15, 0.2) is 0 Å². The van der Waals surface area contributed by atoms with Gasteiger partial charge in [-0.05, 0) is 79.8 Å². The number of benzene rings is 3. The number of carbonyl (C=O) groups is 2. The average molecular weight is 679 g/mol. The first kappa shape index (κ1) is 32.7. The van der Waals surface area contributed by atoms with Crippen molar-refractivity contribution in [3.63, 3.8) is 0 Å². The molecule has 48 heavy (non-hydrogen) atoms. The lowest BCUT2D eigenvalue weighted by Gasteiger charge is -2.18. The van der Waals surface area contributed by atoms with Crippen molar-refractivity contribution in [2.75, 3.05) is 46.7 Å². The molecular formula is C33H33F3N8O3S. The third-order valence-corrected chi connectivity index (χ3v) is 9.89. The molecule has 2 aliphatic rings. The molecule has 1 saturated heterocycles. The second kappa shape index (κ2) is 13.5. The van der Waals surface area contributed by atoms with E-state index >= 15 is 0 Å². The van der Waals surface area contributed by atoms with Crippen LogP contribution < -0.4 is 21.3 Å². The van der Waals surface area contributed by atoms with E-state index in [4.69, 9.17) is 4.78 Å². The van der Waals surface area contributed by atoms with Crippen molar-refractivity contribution in [1.82, 2.24) is 14.9 Å². The number of carbonyl (C=O) groups excluding carboxylic acids is 2. The number of nitrogens with one attached hydrogen (secondary N) is 5. The van der Waals surface area contributed by atoms with E-state index in [1.165, 1.54) is 12.1 Å². The van der Waals surface area contributed by atoms with Crippen LogP contribution in [0.25, 0.3) is 11.1 Å². The van der Waals surface area contributed by atoms with Gasteiger partial charge in [-0.3, -0.25) is 4.79 Å². The first-order valence-electron chi connectivity index (χ1n) is 15.4. The molecule has 0 radical (unpaired) electrons. The van der Waals surface area contributed by atoms with E-state index in [1.807, 2.05) is 0 Å². The van der Waals surface area contributed by atoms with Gasteiger partial charge in [0.25, 0.3) is 5.91 Å². The summed E-state index contributed by atoms with van der Waals surface area (Å²) in [6, 6.07) is 15.6. The number of urea groups is 1. The van der Waals surface area contributed by atoms with Crippen molar-refractivity contribution in [2.45, 2.75) is 36.8 Å². The molecule has 1 atom stereocenters. The fourth-order valence-corrected chi connectivity index (χ4v) is 6.98. The van der Waals surface area contributed by atoms with Crippen LogP contribution in [0.1, 0.15) is 41.6 Å². The Hall–Kier alpha value is -5.18. The summed E-state index contributed by atoms with van der Waals surface area (Å²) < 4.78 is 61.4. The average Bonchev–Trinajstić information content (AvgIpc) is 3.60. The van der Waals surface area contributed by atoms with Gasteiger partial charge in [0.1, 0.15) is 5.82 Å². The van der Waals surface area contributed by atoms with Crippen molar-refractivity contribution in [3.05, 3.63) is 84.1 Å². The Bertz CT molecular complexity index is 1950. The van der Waals surface area contributed by atoms with Crippen molar-refractivity contribution in [1.29, 1.82) is 4.78 Å². The van der Waals surface area contributed by atoms with Crippen LogP contribution in [0, 0.1) is 4.78 Å². The van der Waals surface area contributed by atoms with Gasteiger partial charge in [-0.1, -0.05) is 18.2 Å². The molecule has 1 aromatic heterocycles. The molecule has 1 unspecified atom stereocenters. The van der Waals surface area contributed by atoms with Gasteiger partial charge in [0.2, 0.25) is 5.95 Å². The van der Waals surface area contributed by atoms with Gasteiger partial charge in [-0.25, -0.2) is 18.8 Å². The van der Waals surface area contributed by atoms with Crippen molar-refractivity contribution < 1.29 is 27.0 Å². The lowest BCUT2D eigenvalue weighted by Crippen LogP contribution is -2.32. The van der Waals surface area contributed by atoms with Crippen LogP contribution in [0.4, 0.5) is 46.8 Å². The topological polar surface area (TPSA) is 152 Å². The number of nitrogens with zero attached hydrogens (tertiary/aromatic N) is 3. The molecule has 3 aromatic carbocycles. The van der Waals surface area contributed by atoms with Gasteiger partial charge in [0.05, 0.1) is 20.2 Å². The molecule has 4 aromatic rings. The van der Waals surface area contributed by atoms with Crippen LogP contribution in [-0.4, -0.2) is 56.4 Å². The summed E-state index contributed by atoms with van der Waals surface area (Å²) in [6.45, 7) is 1.82. The highest BCUT2D eigenvalue weighted by Gasteiger charge is 2.31. The number of likely N-dealkylation sites (tertiary alicyclic amines) is 1. The zero-order valence-corrected chi connectivity index (χ0v) is 26.5. The Morgan fingerprint density at radius 2 is 1.69 bits per heavy atom. The van der Waals surface area contributed by atoms with Crippen LogP contribution in [0.5, 0.6) is 0 Å².